The van der Waals surface area contributed by atoms with Crippen LogP contribution < -0.4 is 4.72 Å². The highest BCUT2D eigenvalue weighted by Crippen LogP contribution is 2.11. The second-order valence-electron chi connectivity index (χ2n) is 3.86. The van der Waals surface area contributed by atoms with Crippen molar-refractivity contribution in [2.45, 2.75) is 32.9 Å². The smallest absolute Gasteiger partial charge is 0.233 e. The van der Waals surface area contributed by atoms with Gasteiger partial charge in [-0.2, -0.15) is 5.10 Å². The lowest BCUT2D eigenvalue weighted by atomic mass is 10.2. The average Bonchev–Trinajstić information content (AvgIpc) is 2.63. The van der Waals surface area contributed by atoms with Gasteiger partial charge in [-0.25, -0.2) is 13.1 Å². The minimum atomic E-state index is -3.39. The summed E-state index contributed by atoms with van der Waals surface area (Å²) in [6.07, 6.45) is 3.62. The Morgan fingerprint density at radius 2 is 2.19 bits per heavy atom. The van der Waals surface area contributed by atoms with Crippen LogP contribution in [-0.2, 0) is 10.0 Å². The van der Waals surface area contributed by atoms with Crippen LogP contribution in [0.1, 0.15) is 25.5 Å². The first-order valence-electron chi connectivity index (χ1n) is 5.01. The zero-order valence-corrected chi connectivity index (χ0v) is 10.5. The summed E-state index contributed by atoms with van der Waals surface area (Å²) in [7, 11) is -3.39. The van der Waals surface area contributed by atoms with Crippen LogP contribution in [0.15, 0.2) is 24.4 Å². The highest BCUT2D eigenvalue weighted by Gasteiger charge is 2.18. The Labute approximate surface area is 96.2 Å². The van der Waals surface area contributed by atoms with E-state index in [1.54, 1.807) is 17.8 Å². The molecule has 0 bridgehead atoms. The van der Waals surface area contributed by atoms with Crippen LogP contribution in [0.5, 0.6) is 0 Å². The van der Waals surface area contributed by atoms with Gasteiger partial charge < -0.3 is 0 Å². The topological polar surface area (TPSA) is 64.0 Å². The van der Waals surface area contributed by atoms with Crippen LogP contribution in [0.2, 0.25) is 0 Å². The van der Waals surface area contributed by atoms with Gasteiger partial charge in [-0.15, -0.1) is 0 Å². The zero-order valence-electron chi connectivity index (χ0n) is 9.71. The van der Waals surface area contributed by atoms with Gasteiger partial charge in [0.25, 0.3) is 0 Å². The first-order valence-corrected chi connectivity index (χ1v) is 6.56. The van der Waals surface area contributed by atoms with Crippen molar-refractivity contribution in [1.82, 2.24) is 14.5 Å². The molecular weight excluding hydrogens is 226 g/mol. The molecule has 2 atom stereocenters. The van der Waals surface area contributed by atoms with Gasteiger partial charge in [-0.05, 0) is 26.3 Å². The van der Waals surface area contributed by atoms with Crippen molar-refractivity contribution >= 4 is 10.0 Å². The zero-order chi connectivity index (χ0) is 12.3. The Hall–Kier alpha value is -1.14. The minimum Gasteiger partial charge on any atom is -0.268 e. The molecule has 5 nitrogen and oxygen atoms in total. The second kappa shape index (κ2) is 4.80. The lowest BCUT2D eigenvalue weighted by Crippen LogP contribution is -2.37. The molecule has 16 heavy (non-hydrogen) atoms. The molecule has 1 rings (SSSR count). The minimum absolute atomic E-state index is 0.0524. The Kier molecular flexibility index (Phi) is 3.88. The molecule has 6 heteroatoms. The van der Waals surface area contributed by atoms with Crippen LogP contribution in [0.4, 0.5) is 0 Å². The SMILES string of the molecule is C=CS(=O)(=O)NC(C)C(C)n1cc(C)cn1. The van der Waals surface area contributed by atoms with Crippen molar-refractivity contribution in [3.05, 3.63) is 29.9 Å². The predicted octanol–water partition coefficient (Wildman–Crippen LogP) is 1.20. The number of hydrogen-bond donors (Lipinski definition) is 1. The molecule has 0 spiro atoms. The van der Waals surface area contributed by atoms with Gasteiger partial charge in [0.1, 0.15) is 0 Å². The molecule has 0 fully saturated rings. The van der Waals surface area contributed by atoms with E-state index in [-0.39, 0.29) is 12.1 Å². The molecule has 0 aliphatic carbocycles. The molecule has 0 saturated heterocycles. The fraction of sp³-hybridized carbons (Fsp3) is 0.500. The number of nitrogens with zero attached hydrogens (tertiary/aromatic N) is 2. The van der Waals surface area contributed by atoms with Gasteiger partial charge in [-0.1, -0.05) is 6.58 Å². The average molecular weight is 243 g/mol. The van der Waals surface area contributed by atoms with E-state index in [1.807, 2.05) is 20.0 Å². The van der Waals surface area contributed by atoms with Gasteiger partial charge >= 0.3 is 0 Å². The molecule has 90 valence electrons. The molecule has 1 aromatic rings. The third kappa shape index (κ3) is 3.18. The van der Waals surface area contributed by atoms with E-state index in [9.17, 15) is 8.42 Å². The highest BCUT2D eigenvalue weighted by atomic mass is 32.2. The quantitative estimate of drug-likeness (QED) is 0.845. The summed E-state index contributed by atoms with van der Waals surface area (Å²) < 4.78 is 26.8. The molecule has 0 saturated carbocycles. The lowest BCUT2D eigenvalue weighted by molar-refractivity contribution is 0.401. The molecule has 0 aliphatic heterocycles. The first-order chi connectivity index (χ1) is 7.35. The fourth-order valence-electron chi connectivity index (χ4n) is 1.29. The van der Waals surface area contributed by atoms with Crippen LogP contribution in [0, 0.1) is 6.92 Å². The molecular formula is C10H17N3O2S. The molecule has 1 heterocycles. The van der Waals surface area contributed by atoms with Crippen LogP contribution in [0.3, 0.4) is 0 Å². The van der Waals surface area contributed by atoms with E-state index in [2.05, 4.69) is 16.4 Å². The highest BCUT2D eigenvalue weighted by molar-refractivity contribution is 7.92. The van der Waals surface area contributed by atoms with Crippen molar-refractivity contribution in [2.75, 3.05) is 0 Å². The number of aromatic nitrogens is 2. The Balaban J connectivity index is 2.75. The third-order valence-corrected chi connectivity index (χ3v) is 3.58. The van der Waals surface area contributed by atoms with Crippen molar-refractivity contribution in [3.63, 3.8) is 0 Å². The van der Waals surface area contributed by atoms with Gasteiger partial charge in [0.15, 0.2) is 0 Å². The predicted molar refractivity (Wildman–Crippen MR) is 63.4 cm³/mol. The number of hydrogen-bond acceptors (Lipinski definition) is 3. The Bertz CT molecular complexity index is 464. The molecule has 0 amide bonds. The molecule has 0 aliphatic rings. The fourth-order valence-corrected chi connectivity index (χ4v) is 2.10. The summed E-state index contributed by atoms with van der Waals surface area (Å²) in [6.45, 7) is 8.89. The standard InChI is InChI=1S/C10H17N3O2S/c1-5-16(14,15)12-9(3)10(4)13-7-8(2)6-11-13/h5-7,9-10,12H,1H2,2-4H3. The summed E-state index contributed by atoms with van der Waals surface area (Å²) in [5, 5.41) is 5.06. The maximum Gasteiger partial charge on any atom is 0.233 e. The number of nitrogens with one attached hydrogen (secondary N) is 1. The van der Waals surface area contributed by atoms with E-state index in [4.69, 9.17) is 0 Å². The largest absolute Gasteiger partial charge is 0.268 e. The van der Waals surface area contributed by atoms with Crippen molar-refractivity contribution in [3.8, 4) is 0 Å². The van der Waals surface area contributed by atoms with Crippen molar-refractivity contribution < 1.29 is 8.42 Å². The molecule has 2 unspecified atom stereocenters. The summed E-state index contributed by atoms with van der Waals surface area (Å²) in [5.41, 5.74) is 1.05. The van der Waals surface area contributed by atoms with E-state index in [0.717, 1.165) is 11.0 Å². The van der Waals surface area contributed by atoms with E-state index < -0.39 is 10.0 Å². The Morgan fingerprint density at radius 1 is 1.56 bits per heavy atom. The van der Waals surface area contributed by atoms with E-state index >= 15 is 0 Å². The second-order valence-corrected chi connectivity index (χ2v) is 5.52. The summed E-state index contributed by atoms with van der Waals surface area (Å²) in [5.74, 6) is 0. The number of aryl methyl sites for hydroxylation is 1. The normalized spacial score (nSPS) is 15.7. The van der Waals surface area contributed by atoms with Gasteiger partial charge in [-0.3, -0.25) is 4.68 Å². The summed E-state index contributed by atoms with van der Waals surface area (Å²) in [6, 6.07) is -0.300. The Morgan fingerprint density at radius 3 is 2.62 bits per heavy atom. The summed E-state index contributed by atoms with van der Waals surface area (Å²) in [4.78, 5) is 0. The van der Waals surface area contributed by atoms with Crippen LogP contribution >= 0.6 is 0 Å². The van der Waals surface area contributed by atoms with Crippen molar-refractivity contribution in [2.24, 2.45) is 0 Å². The van der Waals surface area contributed by atoms with Crippen LogP contribution in [-0.4, -0.2) is 24.2 Å². The van der Waals surface area contributed by atoms with Gasteiger partial charge in [0.05, 0.1) is 12.2 Å². The third-order valence-electron chi connectivity index (χ3n) is 2.44. The maximum atomic E-state index is 11.3. The maximum absolute atomic E-state index is 11.3. The molecule has 0 radical (unpaired) electrons. The monoisotopic (exact) mass is 243 g/mol. The van der Waals surface area contributed by atoms with Gasteiger partial charge in [0.2, 0.25) is 10.0 Å². The van der Waals surface area contributed by atoms with Crippen LogP contribution in [0.25, 0.3) is 0 Å². The van der Waals surface area contributed by atoms with E-state index in [1.165, 1.54) is 0 Å². The summed E-state index contributed by atoms with van der Waals surface area (Å²) >= 11 is 0. The van der Waals surface area contributed by atoms with Crippen molar-refractivity contribution in [1.29, 1.82) is 0 Å². The molecule has 0 aromatic carbocycles. The van der Waals surface area contributed by atoms with Gasteiger partial charge in [0, 0.05) is 17.6 Å². The molecule has 1 aromatic heterocycles. The van der Waals surface area contributed by atoms with E-state index in [0.29, 0.717) is 0 Å². The number of rotatable bonds is 5. The lowest BCUT2D eigenvalue weighted by Gasteiger charge is -2.20. The number of sulfonamides is 1. The molecule has 1 N–H and O–H groups in total. The first kappa shape index (κ1) is 12.9.